The second kappa shape index (κ2) is 7.03. The second-order valence-corrected chi connectivity index (χ2v) is 4.01. The van der Waals surface area contributed by atoms with E-state index in [1.54, 1.807) is 55.8 Å². The van der Waals surface area contributed by atoms with Crippen LogP contribution in [0, 0.1) is 0 Å². The van der Waals surface area contributed by atoms with Crippen molar-refractivity contribution in [3.05, 3.63) is 54.2 Å². The predicted molar refractivity (Wildman–Crippen MR) is 79.7 cm³/mol. The van der Waals surface area contributed by atoms with Crippen LogP contribution >= 0.6 is 0 Å². The Morgan fingerprint density at radius 3 is 2.48 bits per heavy atom. The lowest BCUT2D eigenvalue weighted by molar-refractivity contribution is -0.133. The van der Waals surface area contributed by atoms with Gasteiger partial charge in [-0.15, -0.1) is 0 Å². The smallest absolute Gasteiger partial charge is 0.348 e. The lowest BCUT2D eigenvalue weighted by Gasteiger charge is -2.04. The Kier molecular flexibility index (Phi) is 4.85. The second-order valence-electron chi connectivity index (χ2n) is 4.01. The van der Waals surface area contributed by atoms with Crippen LogP contribution in [0.4, 0.5) is 5.82 Å². The van der Waals surface area contributed by atoms with Crippen molar-refractivity contribution in [1.82, 2.24) is 4.98 Å². The standard InChI is InChI=1S/C16H14N2O3/c1-20-13-8-6-12(7-9-13)14(16(19)21-2)11-18-15-5-3-4-10-17-15/h3-10H,1-2H3. The van der Waals surface area contributed by atoms with E-state index < -0.39 is 5.97 Å². The van der Waals surface area contributed by atoms with Crippen LogP contribution in [0.25, 0.3) is 5.57 Å². The summed E-state index contributed by atoms with van der Waals surface area (Å²) in [5.41, 5.74) is 0.869. The molecule has 1 heterocycles. The third kappa shape index (κ3) is 3.78. The number of nitrogens with zero attached hydrogens (tertiary/aromatic N) is 2. The van der Waals surface area contributed by atoms with Crippen molar-refractivity contribution in [2.45, 2.75) is 0 Å². The average Bonchev–Trinajstić information content (AvgIpc) is 2.56. The maximum atomic E-state index is 11.9. The first-order chi connectivity index (χ1) is 10.2. The van der Waals surface area contributed by atoms with Crippen LogP contribution in [0.3, 0.4) is 0 Å². The summed E-state index contributed by atoms with van der Waals surface area (Å²) in [7, 11) is 2.89. The van der Waals surface area contributed by atoms with E-state index >= 15 is 0 Å². The zero-order valence-corrected chi connectivity index (χ0v) is 11.7. The van der Waals surface area contributed by atoms with Crippen molar-refractivity contribution in [3.63, 3.8) is 0 Å². The van der Waals surface area contributed by atoms with Crippen LogP contribution in [0.2, 0.25) is 0 Å². The van der Waals surface area contributed by atoms with E-state index in [4.69, 9.17) is 9.47 Å². The Labute approximate surface area is 122 Å². The highest BCUT2D eigenvalue weighted by molar-refractivity contribution is 6.26. The van der Waals surface area contributed by atoms with Gasteiger partial charge in [-0.05, 0) is 42.0 Å². The molecule has 0 atom stereocenters. The number of rotatable bonds is 4. The molecule has 5 heteroatoms. The molecule has 0 saturated carbocycles. The van der Waals surface area contributed by atoms with Crippen molar-refractivity contribution in [1.29, 1.82) is 0 Å². The Balaban J connectivity index is 2.43. The van der Waals surface area contributed by atoms with E-state index in [9.17, 15) is 4.79 Å². The molecule has 5 nitrogen and oxygen atoms in total. The molecule has 2 rings (SSSR count). The molecular formula is C16H14N2O3. The molecule has 0 radical (unpaired) electrons. The van der Waals surface area contributed by atoms with Crippen LogP contribution in [-0.2, 0) is 9.53 Å². The quantitative estimate of drug-likeness (QED) is 0.491. The van der Waals surface area contributed by atoms with Gasteiger partial charge in [-0.2, -0.15) is 4.99 Å². The summed E-state index contributed by atoms with van der Waals surface area (Å²) >= 11 is 0. The van der Waals surface area contributed by atoms with Gasteiger partial charge in [-0.3, -0.25) is 0 Å². The monoisotopic (exact) mass is 282 g/mol. The van der Waals surface area contributed by atoms with Crippen LogP contribution < -0.4 is 4.74 Å². The summed E-state index contributed by atoms with van der Waals surface area (Å²) < 4.78 is 9.85. The minimum Gasteiger partial charge on any atom is -0.497 e. The first-order valence-electron chi connectivity index (χ1n) is 6.22. The highest BCUT2D eigenvalue weighted by Crippen LogP contribution is 2.18. The van der Waals surface area contributed by atoms with Crippen molar-refractivity contribution in [2.75, 3.05) is 14.2 Å². The predicted octanol–water partition coefficient (Wildman–Crippen LogP) is 2.65. The largest absolute Gasteiger partial charge is 0.497 e. The van der Waals surface area contributed by atoms with E-state index in [2.05, 4.69) is 15.8 Å². The zero-order chi connectivity index (χ0) is 15.1. The number of aromatic nitrogens is 1. The number of pyridine rings is 1. The summed E-state index contributed by atoms with van der Waals surface area (Å²) in [6, 6.07) is 12.3. The molecule has 0 amide bonds. The summed E-state index contributed by atoms with van der Waals surface area (Å²) in [5.74, 6) is 3.35. The highest BCUT2D eigenvalue weighted by Gasteiger charge is 2.12. The maximum absolute atomic E-state index is 11.9. The van der Waals surface area contributed by atoms with Crippen LogP contribution in [0.1, 0.15) is 5.56 Å². The van der Waals surface area contributed by atoms with Crippen molar-refractivity contribution >= 4 is 23.2 Å². The maximum Gasteiger partial charge on any atom is 0.348 e. The number of methoxy groups -OCH3 is 2. The van der Waals surface area contributed by atoms with Crippen LogP contribution in [-0.4, -0.2) is 31.0 Å². The number of aliphatic imine (C=N–C) groups is 1. The number of esters is 1. The van der Waals surface area contributed by atoms with Gasteiger partial charge in [0.2, 0.25) is 0 Å². The Bertz CT molecular complexity index is 672. The number of hydrogen-bond donors (Lipinski definition) is 0. The molecule has 0 N–H and O–H groups in total. The number of carbonyl (C=O) groups excluding carboxylic acids is 1. The fraction of sp³-hybridized carbons (Fsp3) is 0.125. The molecule has 0 aliphatic heterocycles. The van der Waals surface area contributed by atoms with Crippen molar-refractivity contribution < 1.29 is 14.3 Å². The van der Waals surface area contributed by atoms with Gasteiger partial charge in [-0.25, -0.2) is 9.78 Å². The molecule has 1 aromatic carbocycles. The highest BCUT2D eigenvalue weighted by atomic mass is 16.5. The zero-order valence-electron chi connectivity index (χ0n) is 11.7. The summed E-state index contributed by atoms with van der Waals surface area (Å²) in [4.78, 5) is 20.0. The molecule has 0 aliphatic carbocycles. The Hall–Kier alpha value is -2.91. The molecule has 106 valence electrons. The van der Waals surface area contributed by atoms with Crippen LogP contribution in [0.5, 0.6) is 5.75 Å². The van der Waals surface area contributed by atoms with Gasteiger partial charge >= 0.3 is 5.97 Å². The van der Waals surface area contributed by atoms with Crippen LogP contribution in [0.15, 0.2) is 53.7 Å². The van der Waals surface area contributed by atoms with E-state index in [-0.39, 0.29) is 5.57 Å². The topological polar surface area (TPSA) is 60.8 Å². The van der Waals surface area contributed by atoms with E-state index in [1.165, 1.54) is 7.11 Å². The number of hydrogen-bond acceptors (Lipinski definition) is 5. The third-order valence-electron chi connectivity index (χ3n) is 2.70. The Morgan fingerprint density at radius 1 is 1.14 bits per heavy atom. The van der Waals surface area contributed by atoms with E-state index in [0.717, 1.165) is 0 Å². The Morgan fingerprint density at radius 2 is 1.90 bits per heavy atom. The molecule has 1 aromatic heterocycles. The fourth-order valence-corrected chi connectivity index (χ4v) is 1.62. The van der Waals surface area contributed by atoms with Crippen molar-refractivity contribution in [3.8, 4) is 5.75 Å². The first-order valence-corrected chi connectivity index (χ1v) is 6.22. The molecule has 0 unspecified atom stereocenters. The van der Waals surface area contributed by atoms with Gasteiger partial charge in [0.15, 0.2) is 5.82 Å². The molecule has 0 saturated heterocycles. The lowest BCUT2D eigenvalue weighted by atomic mass is 10.1. The molecule has 0 spiro atoms. The SMILES string of the molecule is COC(=O)C(=C=Nc1ccccn1)c1ccc(OC)cc1. The van der Waals surface area contributed by atoms with Gasteiger partial charge in [-0.1, -0.05) is 6.07 Å². The van der Waals surface area contributed by atoms with Gasteiger partial charge in [0.05, 0.1) is 14.2 Å². The van der Waals surface area contributed by atoms with E-state index in [1.807, 2.05) is 0 Å². The summed E-state index contributed by atoms with van der Waals surface area (Å²) in [6.07, 6.45) is 1.62. The molecule has 0 aliphatic rings. The third-order valence-corrected chi connectivity index (χ3v) is 2.70. The van der Waals surface area contributed by atoms with Gasteiger partial charge in [0, 0.05) is 12.1 Å². The fourth-order valence-electron chi connectivity index (χ4n) is 1.62. The normalized spacial score (nSPS) is 9.43. The molecule has 0 bridgehead atoms. The summed E-state index contributed by atoms with van der Waals surface area (Å²) in [6.45, 7) is 0. The average molecular weight is 282 g/mol. The molecule has 21 heavy (non-hydrogen) atoms. The summed E-state index contributed by atoms with van der Waals surface area (Å²) in [5, 5.41) is 0. The molecular weight excluding hydrogens is 268 g/mol. The first kappa shape index (κ1) is 14.5. The lowest BCUT2D eigenvalue weighted by Crippen LogP contribution is -2.04. The minimum absolute atomic E-state index is 0.228. The molecule has 0 fully saturated rings. The molecule has 2 aromatic rings. The minimum atomic E-state index is -0.514. The van der Waals surface area contributed by atoms with Gasteiger partial charge in [0.25, 0.3) is 0 Å². The van der Waals surface area contributed by atoms with Gasteiger partial charge < -0.3 is 9.47 Å². The number of ether oxygens (including phenoxy) is 2. The van der Waals surface area contributed by atoms with Gasteiger partial charge in [0.1, 0.15) is 11.3 Å². The number of carbonyl (C=O) groups is 1. The number of benzene rings is 1. The van der Waals surface area contributed by atoms with E-state index in [0.29, 0.717) is 17.1 Å². The van der Waals surface area contributed by atoms with Crippen molar-refractivity contribution in [2.24, 2.45) is 4.99 Å².